The van der Waals surface area contributed by atoms with E-state index in [0.717, 1.165) is 35.0 Å². The number of methoxy groups -OCH3 is 2. The summed E-state index contributed by atoms with van der Waals surface area (Å²) in [6.07, 6.45) is 0. The Labute approximate surface area is 119 Å². The summed E-state index contributed by atoms with van der Waals surface area (Å²) in [6, 6.07) is 13.7. The lowest BCUT2D eigenvalue weighted by molar-refractivity contribution is 0.354. The summed E-state index contributed by atoms with van der Waals surface area (Å²) >= 11 is 0. The van der Waals surface area contributed by atoms with Crippen LogP contribution in [-0.2, 0) is 6.54 Å². The van der Waals surface area contributed by atoms with E-state index in [1.165, 1.54) is 0 Å². The van der Waals surface area contributed by atoms with Gasteiger partial charge in [0.25, 0.3) is 0 Å². The molecule has 0 amide bonds. The first-order chi connectivity index (χ1) is 9.65. The molecule has 0 saturated heterocycles. The van der Waals surface area contributed by atoms with Crippen molar-refractivity contribution in [1.29, 1.82) is 0 Å². The van der Waals surface area contributed by atoms with Crippen LogP contribution in [0, 0.1) is 0 Å². The molecule has 20 heavy (non-hydrogen) atoms. The average Bonchev–Trinajstić information content (AvgIpc) is 2.47. The van der Waals surface area contributed by atoms with E-state index < -0.39 is 0 Å². The Morgan fingerprint density at radius 3 is 2.35 bits per heavy atom. The number of nitrogens with zero attached hydrogens (tertiary/aromatic N) is 1. The normalized spacial score (nSPS) is 10.2. The van der Waals surface area contributed by atoms with E-state index in [-0.39, 0.29) is 0 Å². The highest BCUT2D eigenvalue weighted by atomic mass is 16.5. The number of hydrogen-bond donors (Lipinski definition) is 1. The lowest BCUT2D eigenvalue weighted by atomic mass is 10.1. The van der Waals surface area contributed by atoms with Gasteiger partial charge >= 0.3 is 0 Å². The zero-order valence-corrected chi connectivity index (χ0v) is 12.1. The molecule has 0 aromatic heterocycles. The van der Waals surface area contributed by atoms with Crippen LogP contribution in [0.2, 0.25) is 0 Å². The summed E-state index contributed by atoms with van der Waals surface area (Å²) in [5.41, 5.74) is 8.91. The molecule has 0 spiro atoms. The molecule has 0 aliphatic carbocycles. The highest BCUT2D eigenvalue weighted by molar-refractivity contribution is 5.67. The summed E-state index contributed by atoms with van der Waals surface area (Å²) in [6.45, 7) is 0.745. The summed E-state index contributed by atoms with van der Waals surface area (Å²) < 4.78 is 10.6. The van der Waals surface area contributed by atoms with Gasteiger partial charge in [-0.25, -0.2) is 0 Å². The highest BCUT2D eigenvalue weighted by Crippen LogP contribution is 2.29. The first-order valence-corrected chi connectivity index (χ1v) is 6.42. The maximum atomic E-state index is 5.99. The number of anilines is 2. The minimum atomic E-state index is 0.734. The van der Waals surface area contributed by atoms with Crippen molar-refractivity contribution in [2.24, 2.45) is 0 Å². The van der Waals surface area contributed by atoms with Crippen molar-refractivity contribution in [3.63, 3.8) is 0 Å². The van der Waals surface area contributed by atoms with Crippen molar-refractivity contribution in [1.82, 2.24) is 0 Å². The third kappa shape index (κ3) is 2.96. The molecule has 0 fully saturated rings. The van der Waals surface area contributed by atoms with Gasteiger partial charge in [0.2, 0.25) is 0 Å². The molecule has 0 heterocycles. The molecular weight excluding hydrogens is 252 g/mol. The molecule has 0 unspecified atom stereocenters. The van der Waals surface area contributed by atoms with E-state index in [9.17, 15) is 0 Å². The van der Waals surface area contributed by atoms with Gasteiger partial charge in [-0.05, 0) is 29.8 Å². The highest BCUT2D eigenvalue weighted by Gasteiger charge is 2.08. The maximum Gasteiger partial charge on any atom is 0.161 e. The molecule has 0 bridgehead atoms. The van der Waals surface area contributed by atoms with Gasteiger partial charge in [-0.2, -0.15) is 0 Å². The quantitative estimate of drug-likeness (QED) is 0.850. The van der Waals surface area contributed by atoms with Crippen LogP contribution in [0.5, 0.6) is 11.5 Å². The summed E-state index contributed by atoms with van der Waals surface area (Å²) in [5, 5.41) is 0. The number of nitrogen functional groups attached to an aromatic ring is 1. The van der Waals surface area contributed by atoms with Crippen molar-refractivity contribution in [3.05, 3.63) is 48.0 Å². The molecule has 2 rings (SSSR count). The fraction of sp³-hybridized carbons (Fsp3) is 0.250. The monoisotopic (exact) mass is 272 g/mol. The second kappa shape index (κ2) is 6.19. The van der Waals surface area contributed by atoms with Gasteiger partial charge in [-0.3, -0.25) is 0 Å². The predicted octanol–water partition coefficient (Wildman–Crippen LogP) is 2.92. The Morgan fingerprint density at radius 2 is 1.70 bits per heavy atom. The molecule has 2 aromatic carbocycles. The van der Waals surface area contributed by atoms with Crippen molar-refractivity contribution >= 4 is 11.4 Å². The van der Waals surface area contributed by atoms with E-state index in [1.54, 1.807) is 14.2 Å². The molecule has 0 saturated carbocycles. The fourth-order valence-corrected chi connectivity index (χ4v) is 2.17. The van der Waals surface area contributed by atoms with Crippen molar-refractivity contribution in [2.45, 2.75) is 6.54 Å². The zero-order chi connectivity index (χ0) is 14.5. The topological polar surface area (TPSA) is 47.7 Å². The van der Waals surface area contributed by atoms with E-state index in [1.807, 2.05) is 49.5 Å². The zero-order valence-electron chi connectivity index (χ0n) is 12.1. The Bertz CT molecular complexity index is 584. The molecule has 2 aromatic rings. The van der Waals surface area contributed by atoms with Gasteiger partial charge in [-0.15, -0.1) is 0 Å². The van der Waals surface area contributed by atoms with E-state index in [4.69, 9.17) is 15.2 Å². The van der Waals surface area contributed by atoms with Crippen LogP contribution in [0.25, 0.3) is 0 Å². The lowest BCUT2D eigenvalue weighted by Crippen LogP contribution is -2.17. The number of nitrogens with two attached hydrogens (primary N) is 1. The Hall–Kier alpha value is -2.36. The minimum absolute atomic E-state index is 0.734. The molecule has 0 atom stereocenters. The van der Waals surface area contributed by atoms with Gasteiger partial charge in [0.05, 0.1) is 25.6 Å². The molecule has 0 aliphatic rings. The summed E-state index contributed by atoms with van der Waals surface area (Å²) in [4.78, 5) is 2.11. The van der Waals surface area contributed by atoms with Gasteiger partial charge in [-0.1, -0.05) is 18.2 Å². The Balaban J connectivity index is 2.20. The predicted molar refractivity (Wildman–Crippen MR) is 82.5 cm³/mol. The first-order valence-electron chi connectivity index (χ1n) is 6.42. The van der Waals surface area contributed by atoms with Crippen molar-refractivity contribution in [2.75, 3.05) is 31.9 Å². The maximum absolute atomic E-state index is 5.99. The van der Waals surface area contributed by atoms with Crippen LogP contribution >= 0.6 is 0 Å². The third-order valence-corrected chi connectivity index (χ3v) is 3.22. The Kier molecular flexibility index (Phi) is 4.35. The standard InChI is InChI=1S/C16H20N2O2/c1-18(14-7-5-4-6-13(14)17)11-12-8-9-15(19-2)16(10-12)20-3/h4-10H,11,17H2,1-3H3. The van der Waals surface area contributed by atoms with E-state index in [0.29, 0.717) is 0 Å². The number of hydrogen-bond acceptors (Lipinski definition) is 4. The van der Waals surface area contributed by atoms with Crippen LogP contribution in [0.1, 0.15) is 5.56 Å². The molecular formula is C16H20N2O2. The van der Waals surface area contributed by atoms with Crippen LogP contribution in [0.3, 0.4) is 0 Å². The van der Waals surface area contributed by atoms with E-state index in [2.05, 4.69) is 4.90 Å². The van der Waals surface area contributed by atoms with Gasteiger partial charge in [0.15, 0.2) is 11.5 Å². The minimum Gasteiger partial charge on any atom is -0.493 e. The Morgan fingerprint density at radius 1 is 1.00 bits per heavy atom. The lowest BCUT2D eigenvalue weighted by Gasteiger charge is -2.21. The molecule has 0 aliphatic heterocycles. The third-order valence-electron chi connectivity index (χ3n) is 3.22. The van der Waals surface area contributed by atoms with Crippen LogP contribution in [-0.4, -0.2) is 21.3 Å². The SMILES string of the molecule is COc1ccc(CN(C)c2ccccc2N)cc1OC. The second-order valence-electron chi connectivity index (χ2n) is 4.60. The molecule has 106 valence electrons. The number of ether oxygens (including phenoxy) is 2. The summed E-state index contributed by atoms with van der Waals surface area (Å²) in [5.74, 6) is 1.47. The first kappa shape index (κ1) is 14.1. The van der Waals surface area contributed by atoms with Gasteiger partial charge < -0.3 is 20.1 Å². The van der Waals surface area contributed by atoms with Crippen LogP contribution in [0.4, 0.5) is 11.4 Å². The van der Waals surface area contributed by atoms with Crippen molar-refractivity contribution in [3.8, 4) is 11.5 Å². The van der Waals surface area contributed by atoms with Gasteiger partial charge in [0, 0.05) is 13.6 Å². The number of rotatable bonds is 5. The van der Waals surface area contributed by atoms with Crippen LogP contribution in [0.15, 0.2) is 42.5 Å². The largest absolute Gasteiger partial charge is 0.493 e. The van der Waals surface area contributed by atoms with Crippen molar-refractivity contribution < 1.29 is 9.47 Å². The van der Waals surface area contributed by atoms with E-state index >= 15 is 0 Å². The average molecular weight is 272 g/mol. The molecule has 4 heteroatoms. The smallest absolute Gasteiger partial charge is 0.161 e. The second-order valence-corrected chi connectivity index (χ2v) is 4.60. The number of para-hydroxylation sites is 2. The fourth-order valence-electron chi connectivity index (χ4n) is 2.17. The van der Waals surface area contributed by atoms with Gasteiger partial charge in [0.1, 0.15) is 0 Å². The molecule has 4 nitrogen and oxygen atoms in total. The molecule has 2 N–H and O–H groups in total. The summed E-state index contributed by atoms with van der Waals surface area (Å²) in [7, 11) is 5.29. The van der Waals surface area contributed by atoms with Crippen LogP contribution < -0.4 is 20.1 Å². The molecule has 0 radical (unpaired) electrons. The number of benzene rings is 2.